The molecular formula is C15H32N2O. The third-order valence-corrected chi connectivity index (χ3v) is 4.11. The maximum absolute atomic E-state index is 5.56. The van der Waals surface area contributed by atoms with E-state index in [0.29, 0.717) is 17.5 Å². The van der Waals surface area contributed by atoms with Gasteiger partial charge in [-0.3, -0.25) is 0 Å². The molecule has 1 heterocycles. The molecular weight excluding hydrogens is 224 g/mol. The molecule has 0 aliphatic carbocycles. The fourth-order valence-corrected chi connectivity index (χ4v) is 2.71. The van der Waals surface area contributed by atoms with Gasteiger partial charge in [0, 0.05) is 38.4 Å². The molecule has 1 aliphatic rings. The van der Waals surface area contributed by atoms with Crippen molar-refractivity contribution in [3.05, 3.63) is 0 Å². The first kappa shape index (κ1) is 15.9. The highest BCUT2D eigenvalue weighted by Gasteiger charge is 2.34. The predicted molar refractivity (Wildman–Crippen MR) is 78.0 cm³/mol. The Labute approximate surface area is 113 Å². The second-order valence-corrected chi connectivity index (χ2v) is 6.30. The van der Waals surface area contributed by atoms with E-state index >= 15 is 0 Å². The summed E-state index contributed by atoms with van der Waals surface area (Å²) >= 11 is 0. The summed E-state index contributed by atoms with van der Waals surface area (Å²) in [5.41, 5.74) is 0.406. The van der Waals surface area contributed by atoms with E-state index in [4.69, 9.17) is 4.74 Å². The van der Waals surface area contributed by atoms with Crippen molar-refractivity contribution in [3.63, 3.8) is 0 Å². The maximum atomic E-state index is 5.56. The van der Waals surface area contributed by atoms with Gasteiger partial charge in [0.05, 0.1) is 0 Å². The van der Waals surface area contributed by atoms with Gasteiger partial charge in [0.25, 0.3) is 0 Å². The van der Waals surface area contributed by atoms with E-state index in [9.17, 15) is 0 Å². The Kier molecular flexibility index (Phi) is 6.61. The van der Waals surface area contributed by atoms with Crippen molar-refractivity contribution in [2.45, 2.75) is 59.5 Å². The van der Waals surface area contributed by atoms with Gasteiger partial charge in [0.1, 0.15) is 0 Å². The van der Waals surface area contributed by atoms with Gasteiger partial charge < -0.3 is 15.0 Å². The fraction of sp³-hybridized carbons (Fsp3) is 1.00. The maximum Gasteiger partial charge on any atom is 0.0472 e. The molecule has 1 N–H and O–H groups in total. The Morgan fingerprint density at radius 1 is 1.17 bits per heavy atom. The van der Waals surface area contributed by atoms with E-state index in [1.54, 1.807) is 0 Å². The molecule has 1 aliphatic heterocycles. The molecule has 1 saturated heterocycles. The van der Waals surface area contributed by atoms with Crippen LogP contribution in [-0.2, 0) is 4.74 Å². The Bertz CT molecular complexity index is 223. The van der Waals surface area contributed by atoms with Crippen LogP contribution in [0.4, 0.5) is 0 Å². The van der Waals surface area contributed by atoms with Crippen LogP contribution in [0.2, 0.25) is 0 Å². The highest BCUT2D eigenvalue weighted by Crippen LogP contribution is 2.31. The predicted octanol–water partition coefficient (Wildman–Crippen LogP) is 2.51. The zero-order chi connectivity index (χ0) is 13.6. The fourth-order valence-electron chi connectivity index (χ4n) is 2.71. The molecule has 3 nitrogen and oxygen atoms in total. The van der Waals surface area contributed by atoms with Gasteiger partial charge in [-0.25, -0.2) is 0 Å². The first-order chi connectivity index (χ1) is 8.49. The smallest absolute Gasteiger partial charge is 0.0472 e. The van der Waals surface area contributed by atoms with Crippen LogP contribution in [0.5, 0.6) is 0 Å². The van der Waals surface area contributed by atoms with Gasteiger partial charge in [-0.2, -0.15) is 0 Å². The third-order valence-electron chi connectivity index (χ3n) is 4.11. The molecule has 0 atom stereocenters. The van der Waals surface area contributed by atoms with Crippen molar-refractivity contribution in [1.29, 1.82) is 0 Å². The van der Waals surface area contributed by atoms with E-state index in [1.807, 2.05) is 0 Å². The van der Waals surface area contributed by atoms with E-state index in [1.165, 1.54) is 19.4 Å². The molecule has 0 spiro atoms. The van der Waals surface area contributed by atoms with Gasteiger partial charge in [-0.1, -0.05) is 20.8 Å². The summed E-state index contributed by atoms with van der Waals surface area (Å²) in [5.74, 6) is 0. The Balaban J connectivity index is 2.63. The van der Waals surface area contributed by atoms with Crippen molar-refractivity contribution in [1.82, 2.24) is 10.2 Å². The number of nitrogens with zero attached hydrogens (tertiary/aromatic N) is 1. The average molecular weight is 256 g/mol. The normalized spacial score (nSPS) is 20.0. The van der Waals surface area contributed by atoms with Gasteiger partial charge in [0.2, 0.25) is 0 Å². The lowest BCUT2D eigenvalue weighted by atomic mass is 9.79. The van der Waals surface area contributed by atoms with Crippen LogP contribution in [0.25, 0.3) is 0 Å². The van der Waals surface area contributed by atoms with Crippen LogP contribution in [0, 0.1) is 5.41 Å². The summed E-state index contributed by atoms with van der Waals surface area (Å²) in [6.45, 7) is 16.6. The molecule has 0 aromatic heterocycles. The lowest BCUT2D eigenvalue weighted by molar-refractivity contribution is -0.00931. The number of nitrogens with one attached hydrogen (secondary N) is 1. The summed E-state index contributed by atoms with van der Waals surface area (Å²) in [5, 5.41) is 3.64. The van der Waals surface area contributed by atoms with Crippen molar-refractivity contribution in [2.75, 3.05) is 32.8 Å². The van der Waals surface area contributed by atoms with Crippen LogP contribution in [0.15, 0.2) is 0 Å². The molecule has 1 rings (SSSR count). The summed E-state index contributed by atoms with van der Waals surface area (Å²) in [7, 11) is 0. The quantitative estimate of drug-likeness (QED) is 0.757. The first-order valence-electron chi connectivity index (χ1n) is 7.54. The van der Waals surface area contributed by atoms with Gasteiger partial charge >= 0.3 is 0 Å². The Morgan fingerprint density at radius 3 is 2.22 bits per heavy atom. The monoisotopic (exact) mass is 256 g/mol. The number of hydrogen-bond acceptors (Lipinski definition) is 3. The molecule has 0 bridgehead atoms. The average Bonchev–Trinajstić information content (AvgIpc) is 2.34. The zero-order valence-electron chi connectivity index (χ0n) is 13.0. The van der Waals surface area contributed by atoms with Crippen LogP contribution in [-0.4, -0.2) is 49.8 Å². The van der Waals surface area contributed by atoms with Gasteiger partial charge in [-0.15, -0.1) is 0 Å². The summed E-state index contributed by atoms with van der Waals surface area (Å²) < 4.78 is 5.56. The standard InChI is InChI=1S/C15H32N2O/c1-6-17(14(4)5)12-15(11-16-13(2)3)7-9-18-10-8-15/h13-14,16H,6-12H2,1-5H3. The summed E-state index contributed by atoms with van der Waals surface area (Å²) in [4.78, 5) is 2.59. The lowest BCUT2D eigenvalue weighted by Crippen LogP contribution is -2.50. The van der Waals surface area contributed by atoms with E-state index in [2.05, 4.69) is 44.8 Å². The SMILES string of the molecule is CCN(CC1(CNC(C)C)CCOCC1)C(C)C. The number of rotatable bonds is 7. The Hall–Kier alpha value is -0.120. The zero-order valence-corrected chi connectivity index (χ0v) is 13.0. The number of ether oxygens (including phenoxy) is 1. The summed E-state index contributed by atoms with van der Waals surface area (Å²) in [6, 6.07) is 1.20. The van der Waals surface area contributed by atoms with Crippen molar-refractivity contribution in [3.8, 4) is 0 Å². The third kappa shape index (κ3) is 4.87. The largest absolute Gasteiger partial charge is 0.381 e. The van der Waals surface area contributed by atoms with Gasteiger partial charge in [-0.05, 0) is 38.6 Å². The molecule has 18 heavy (non-hydrogen) atoms. The van der Waals surface area contributed by atoms with Crippen molar-refractivity contribution in [2.24, 2.45) is 5.41 Å². The van der Waals surface area contributed by atoms with Crippen molar-refractivity contribution >= 4 is 0 Å². The highest BCUT2D eigenvalue weighted by atomic mass is 16.5. The number of hydrogen-bond donors (Lipinski definition) is 1. The minimum atomic E-state index is 0.406. The Morgan fingerprint density at radius 2 is 1.78 bits per heavy atom. The van der Waals surface area contributed by atoms with Crippen LogP contribution in [0.3, 0.4) is 0 Å². The molecule has 0 radical (unpaired) electrons. The summed E-state index contributed by atoms with van der Waals surface area (Å²) in [6.07, 6.45) is 2.38. The minimum Gasteiger partial charge on any atom is -0.381 e. The van der Waals surface area contributed by atoms with Crippen LogP contribution >= 0.6 is 0 Å². The molecule has 0 aromatic rings. The van der Waals surface area contributed by atoms with Crippen molar-refractivity contribution < 1.29 is 4.74 Å². The molecule has 0 amide bonds. The minimum absolute atomic E-state index is 0.406. The van der Waals surface area contributed by atoms with Crippen LogP contribution in [0.1, 0.15) is 47.5 Å². The highest BCUT2D eigenvalue weighted by molar-refractivity contribution is 4.88. The lowest BCUT2D eigenvalue weighted by Gasteiger charge is -2.42. The molecule has 0 aromatic carbocycles. The molecule has 1 fully saturated rings. The van der Waals surface area contributed by atoms with E-state index < -0.39 is 0 Å². The molecule has 0 unspecified atom stereocenters. The second kappa shape index (κ2) is 7.46. The molecule has 108 valence electrons. The molecule has 0 saturated carbocycles. The van der Waals surface area contributed by atoms with Gasteiger partial charge in [0.15, 0.2) is 0 Å². The second-order valence-electron chi connectivity index (χ2n) is 6.30. The van der Waals surface area contributed by atoms with Crippen LogP contribution < -0.4 is 5.32 Å². The topological polar surface area (TPSA) is 24.5 Å². The first-order valence-corrected chi connectivity index (χ1v) is 7.54. The van der Waals surface area contributed by atoms with E-state index in [0.717, 1.165) is 26.3 Å². The van der Waals surface area contributed by atoms with E-state index in [-0.39, 0.29) is 0 Å². The molecule has 3 heteroatoms.